The molecule has 31 heavy (non-hydrogen) atoms. The van der Waals surface area contributed by atoms with E-state index in [1.54, 1.807) is 6.07 Å². The van der Waals surface area contributed by atoms with Crippen LogP contribution in [0, 0.1) is 11.7 Å². The first-order valence-corrected chi connectivity index (χ1v) is 11.4. The predicted molar refractivity (Wildman–Crippen MR) is 110 cm³/mol. The summed E-state index contributed by atoms with van der Waals surface area (Å²) < 4.78 is 56.0. The molecular weight excluding hydrogens is 497 g/mol. The molecule has 164 valence electrons. The van der Waals surface area contributed by atoms with Crippen LogP contribution >= 0.6 is 15.9 Å². The molecule has 0 bridgehead atoms. The molecule has 0 spiro atoms. The Balaban J connectivity index is 1.95. The summed E-state index contributed by atoms with van der Waals surface area (Å²) in [4.78, 5) is 24.9. The average Bonchev–Trinajstić information content (AvgIpc) is 3.52. The fourth-order valence-electron chi connectivity index (χ4n) is 3.70. The van der Waals surface area contributed by atoms with Gasteiger partial charge in [0.25, 0.3) is 10.0 Å². The number of methoxy groups -OCH3 is 2. The number of halogens is 2. The topological polar surface area (TPSA) is 99.2 Å². The lowest BCUT2D eigenvalue weighted by Crippen LogP contribution is -2.38. The van der Waals surface area contributed by atoms with Gasteiger partial charge in [0.1, 0.15) is 22.0 Å². The third-order valence-corrected chi connectivity index (χ3v) is 7.95. The lowest BCUT2D eigenvalue weighted by molar-refractivity contribution is 0.0596. The molecule has 1 amide bonds. The number of ether oxygens (including phenoxy) is 3. The van der Waals surface area contributed by atoms with Gasteiger partial charge in [0.2, 0.25) is 0 Å². The number of esters is 1. The van der Waals surface area contributed by atoms with Crippen molar-refractivity contribution in [3.63, 3.8) is 0 Å². The minimum absolute atomic E-state index is 0.101. The van der Waals surface area contributed by atoms with Crippen molar-refractivity contribution in [3.8, 4) is 5.75 Å². The van der Waals surface area contributed by atoms with Gasteiger partial charge in [-0.15, -0.1) is 0 Å². The van der Waals surface area contributed by atoms with Gasteiger partial charge >= 0.3 is 12.1 Å². The van der Waals surface area contributed by atoms with Crippen LogP contribution in [0.25, 0.3) is 0 Å². The number of hydrogen-bond acceptors (Lipinski definition) is 7. The van der Waals surface area contributed by atoms with E-state index in [1.807, 2.05) is 0 Å². The van der Waals surface area contributed by atoms with E-state index in [1.165, 1.54) is 6.07 Å². The minimum atomic E-state index is -4.62. The van der Waals surface area contributed by atoms with E-state index in [0.717, 1.165) is 44.4 Å². The molecular formula is C20H17BrFNO7S. The first kappa shape index (κ1) is 21.6. The highest BCUT2D eigenvalue weighted by Gasteiger charge is 2.47. The van der Waals surface area contributed by atoms with Crippen LogP contribution in [0.15, 0.2) is 39.7 Å². The van der Waals surface area contributed by atoms with Crippen LogP contribution in [-0.2, 0) is 19.5 Å². The zero-order valence-corrected chi connectivity index (χ0v) is 18.8. The van der Waals surface area contributed by atoms with E-state index in [0.29, 0.717) is 16.8 Å². The fraction of sp³-hybridized carbons (Fsp3) is 0.300. The van der Waals surface area contributed by atoms with Crippen LogP contribution in [-0.4, -0.2) is 41.3 Å². The number of carbonyl (C=O) groups is 2. The number of anilines is 1. The van der Waals surface area contributed by atoms with E-state index in [-0.39, 0.29) is 27.4 Å². The summed E-state index contributed by atoms with van der Waals surface area (Å²) in [6, 6.07) is 5.88. The van der Waals surface area contributed by atoms with Gasteiger partial charge in [-0.2, -0.15) is 4.31 Å². The molecule has 11 heteroatoms. The zero-order chi connectivity index (χ0) is 22.5. The number of nitrogens with zero attached hydrogens (tertiary/aromatic N) is 1. The molecule has 4 rings (SSSR count). The highest BCUT2D eigenvalue weighted by molar-refractivity contribution is 9.10. The van der Waals surface area contributed by atoms with Crippen LogP contribution in [0.2, 0.25) is 0 Å². The first-order chi connectivity index (χ1) is 14.7. The van der Waals surface area contributed by atoms with Gasteiger partial charge in [-0.25, -0.2) is 22.4 Å². The molecule has 1 aliphatic heterocycles. The summed E-state index contributed by atoms with van der Waals surface area (Å²) in [5, 5.41) is 0. The monoisotopic (exact) mass is 513 g/mol. The average molecular weight is 514 g/mol. The van der Waals surface area contributed by atoms with Gasteiger partial charge in [0, 0.05) is 10.4 Å². The predicted octanol–water partition coefficient (Wildman–Crippen LogP) is 3.83. The molecule has 2 atom stereocenters. The van der Waals surface area contributed by atoms with Crippen LogP contribution in [0.3, 0.4) is 0 Å². The first-order valence-electron chi connectivity index (χ1n) is 9.17. The van der Waals surface area contributed by atoms with E-state index in [2.05, 4.69) is 15.9 Å². The Labute approximate surface area is 186 Å². The smallest absolute Gasteiger partial charge is 0.428 e. The van der Waals surface area contributed by atoms with E-state index < -0.39 is 32.8 Å². The fourth-order valence-corrected chi connectivity index (χ4v) is 6.09. The van der Waals surface area contributed by atoms with Crippen molar-refractivity contribution in [2.24, 2.45) is 5.92 Å². The van der Waals surface area contributed by atoms with Crippen molar-refractivity contribution in [2.75, 3.05) is 25.1 Å². The zero-order valence-electron chi connectivity index (χ0n) is 16.4. The van der Waals surface area contributed by atoms with Crippen LogP contribution in [0.1, 0.15) is 28.3 Å². The second-order valence-corrected chi connectivity index (χ2v) is 9.71. The Morgan fingerprint density at radius 3 is 2.58 bits per heavy atom. The molecule has 2 aromatic rings. The highest BCUT2D eigenvalue weighted by atomic mass is 79.9. The summed E-state index contributed by atoms with van der Waals surface area (Å²) in [6.07, 6.45) is -0.365. The van der Waals surface area contributed by atoms with Crippen molar-refractivity contribution >= 4 is 43.7 Å². The van der Waals surface area contributed by atoms with E-state index in [9.17, 15) is 22.4 Å². The molecule has 0 radical (unpaired) electrons. The molecule has 1 fully saturated rings. The Kier molecular flexibility index (Phi) is 5.42. The third-order valence-electron chi connectivity index (χ3n) is 5.29. The standard InChI is InChI=1S/C20H17BrFNO7S/c1-28-19(24)17-15(5-4-12-13-7-10(13)9-30-18(12)17)23(20(25)29-2)31(26,27)16-6-3-11(22)8-14(16)21/h3-6,8,10,13H,7,9H2,1-2H3. The van der Waals surface area contributed by atoms with Gasteiger partial charge in [0.05, 0.1) is 26.5 Å². The SMILES string of the molecule is COC(=O)c1c(N(C(=O)OC)S(=O)(=O)c2ccc(F)cc2Br)ccc2c1OCC1CC21. The maximum absolute atomic E-state index is 13.5. The molecule has 1 saturated carbocycles. The van der Waals surface area contributed by atoms with Crippen molar-refractivity contribution in [3.05, 3.63) is 51.7 Å². The van der Waals surface area contributed by atoms with Gasteiger partial charge in [-0.3, -0.25) is 0 Å². The number of carbonyl (C=O) groups excluding carboxylic acids is 2. The lowest BCUT2D eigenvalue weighted by atomic mass is 10.00. The minimum Gasteiger partial charge on any atom is -0.492 e. The molecule has 2 aliphatic rings. The van der Waals surface area contributed by atoms with Crippen LogP contribution in [0.4, 0.5) is 14.9 Å². The summed E-state index contributed by atoms with van der Waals surface area (Å²) in [5.74, 6) is -0.805. The van der Waals surface area contributed by atoms with Crippen molar-refractivity contribution in [1.82, 2.24) is 0 Å². The van der Waals surface area contributed by atoms with Gasteiger partial charge in [-0.1, -0.05) is 6.07 Å². The molecule has 2 unspecified atom stereocenters. The van der Waals surface area contributed by atoms with Gasteiger partial charge in [0.15, 0.2) is 0 Å². The van der Waals surface area contributed by atoms with E-state index >= 15 is 0 Å². The Hall–Kier alpha value is -2.66. The Bertz CT molecular complexity index is 1200. The second kappa shape index (κ2) is 7.79. The quantitative estimate of drug-likeness (QED) is 0.572. The summed E-state index contributed by atoms with van der Waals surface area (Å²) in [6.45, 7) is 0.375. The summed E-state index contributed by atoms with van der Waals surface area (Å²) in [5.41, 5.74) is 0.274. The van der Waals surface area contributed by atoms with Crippen molar-refractivity contribution < 1.29 is 36.6 Å². The third kappa shape index (κ3) is 3.55. The molecule has 0 saturated heterocycles. The number of hydrogen-bond donors (Lipinski definition) is 0. The van der Waals surface area contributed by atoms with Gasteiger partial charge < -0.3 is 14.2 Å². The number of sulfonamides is 1. The molecule has 1 heterocycles. The maximum Gasteiger partial charge on any atom is 0.428 e. The van der Waals surface area contributed by atoms with Crippen molar-refractivity contribution in [2.45, 2.75) is 17.2 Å². The molecule has 1 aliphatic carbocycles. The molecule has 0 N–H and O–H groups in total. The highest BCUT2D eigenvalue weighted by Crippen LogP contribution is 2.55. The molecule has 0 aromatic heterocycles. The second-order valence-electron chi connectivity index (χ2n) is 7.10. The maximum atomic E-state index is 13.5. The number of rotatable bonds is 4. The molecule has 8 nitrogen and oxygen atoms in total. The Morgan fingerprint density at radius 2 is 1.94 bits per heavy atom. The molecule has 2 aromatic carbocycles. The van der Waals surface area contributed by atoms with Crippen LogP contribution < -0.4 is 9.04 Å². The van der Waals surface area contributed by atoms with E-state index in [4.69, 9.17) is 14.2 Å². The largest absolute Gasteiger partial charge is 0.492 e. The normalized spacial score (nSPS) is 18.8. The Morgan fingerprint density at radius 1 is 1.19 bits per heavy atom. The number of benzene rings is 2. The summed E-state index contributed by atoms with van der Waals surface area (Å²) in [7, 11) is -2.48. The lowest BCUT2D eigenvalue weighted by Gasteiger charge is -2.27. The van der Waals surface area contributed by atoms with Crippen LogP contribution in [0.5, 0.6) is 5.75 Å². The van der Waals surface area contributed by atoms with Gasteiger partial charge in [-0.05, 0) is 58.1 Å². The number of fused-ring (bicyclic) bond motifs is 3. The summed E-state index contributed by atoms with van der Waals surface area (Å²) >= 11 is 3.02. The number of amides is 1. The van der Waals surface area contributed by atoms with Crippen molar-refractivity contribution in [1.29, 1.82) is 0 Å².